The lowest BCUT2D eigenvalue weighted by Gasteiger charge is -2.23. The number of aromatic nitrogens is 4. The zero-order valence-electron chi connectivity index (χ0n) is 16.9. The van der Waals surface area contributed by atoms with Crippen molar-refractivity contribution >= 4 is 46.4 Å². The lowest BCUT2D eigenvalue weighted by atomic mass is 9.82. The highest BCUT2D eigenvalue weighted by atomic mass is 14.8. The Kier molecular flexibility index (Phi) is 4.15. The summed E-state index contributed by atoms with van der Waals surface area (Å²) in [4.78, 5) is 16.9. The van der Waals surface area contributed by atoms with Crippen molar-refractivity contribution in [2.24, 2.45) is 0 Å². The standard InChI is InChI=1S/C26H24N4/c1-2-4-17(5-3-1)26-24-12-10-22(29-24)15-20-8-6-18(27-20)14-19-7-9-21(28-19)16-23-11-13-25(26)30-23/h6-17,27-28H,1-5H2. The van der Waals surface area contributed by atoms with E-state index < -0.39 is 0 Å². The predicted molar refractivity (Wildman–Crippen MR) is 125 cm³/mol. The molecule has 0 radical (unpaired) electrons. The van der Waals surface area contributed by atoms with E-state index in [2.05, 4.69) is 76.7 Å². The molecule has 3 aromatic rings. The van der Waals surface area contributed by atoms with Gasteiger partial charge in [-0.25, -0.2) is 9.97 Å². The molecule has 0 amide bonds. The van der Waals surface area contributed by atoms with E-state index in [1.54, 1.807) is 0 Å². The molecule has 0 unspecified atom stereocenters. The number of fused-ring (bicyclic) bond motifs is 8. The quantitative estimate of drug-likeness (QED) is 0.333. The third-order valence-corrected chi connectivity index (χ3v) is 6.27. The molecule has 0 spiro atoms. The first-order chi connectivity index (χ1) is 14.8. The Balaban J connectivity index is 1.66. The van der Waals surface area contributed by atoms with Gasteiger partial charge in [0.25, 0.3) is 0 Å². The second-order valence-electron chi connectivity index (χ2n) is 8.43. The number of hydrogen-bond acceptors (Lipinski definition) is 2. The monoisotopic (exact) mass is 392 g/mol. The number of H-pyrrole nitrogens is 2. The minimum Gasteiger partial charge on any atom is -0.355 e. The molecule has 0 saturated heterocycles. The first kappa shape index (κ1) is 17.5. The van der Waals surface area contributed by atoms with Crippen LogP contribution in [0.25, 0.3) is 46.4 Å². The summed E-state index contributed by atoms with van der Waals surface area (Å²) in [5.41, 5.74) is 9.69. The number of nitrogens with one attached hydrogen (secondary N) is 2. The fraction of sp³-hybridized carbons (Fsp3) is 0.231. The molecule has 1 fully saturated rings. The molecule has 3 aromatic heterocycles. The summed E-state index contributed by atoms with van der Waals surface area (Å²) < 4.78 is 0. The Morgan fingerprint density at radius 1 is 0.600 bits per heavy atom. The van der Waals surface area contributed by atoms with Crippen molar-refractivity contribution in [1.29, 1.82) is 0 Å². The lowest BCUT2D eigenvalue weighted by molar-refractivity contribution is 0.442. The Bertz CT molecular complexity index is 1240. The summed E-state index contributed by atoms with van der Waals surface area (Å²) in [5.74, 6) is 0.534. The number of rotatable bonds is 1. The van der Waals surface area contributed by atoms with Gasteiger partial charge in [0, 0.05) is 27.6 Å². The van der Waals surface area contributed by atoms with Crippen LogP contribution >= 0.6 is 0 Å². The van der Waals surface area contributed by atoms with Gasteiger partial charge in [0.1, 0.15) is 0 Å². The van der Waals surface area contributed by atoms with Crippen LogP contribution in [0.1, 0.15) is 66.4 Å². The third kappa shape index (κ3) is 3.28. The molecule has 1 saturated carbocycles. The highest BCUT2D eigenvalue weighted by Crippen LogP contribution is 2.37. The SMILES string of the molecule is C1=Cc2nc1cc1ccc(cc3ccc(cc4nc(c2C2CCCCC2)C=C4)[nH]3)[nH]1. The van der Waals surface area contributed by atoms with Crippen LogP contribution in [0.3, 0.4) is 0 Å². The maximum Gasteiger partial charge on any atom is 0.0694 e. The van der Waals surface area contributed by atoms with Gasteiger partial charge in [0.15, 0.2) is 0 Å². The second-order valence-corrected chi connectivity index (χ2v) is 8.43. The van der Waals surface area contributed by atoms with E-state index in [4.69, 9.17) is 9.97 Å². The van der Waals surface area contributed by atoms with Gasteiger partial charge in [0.2, 0.25) is 0 Å². The summed E-state index contributed by atoms with van der Waals surface area (Å²) >= 11 is 0. The van der Waals surface area contributed by atoms with E-state index in [1.807, 2.05) is 0 Å². The van der Waals surface area contributed by atoms with Crippen LogP contribution in [-0.4, -0.2) is 19.9 Å². The lowest BCUT2D eigenvalue weighted by Crippen LogP contribution is -2.08. The van der Waals surface area contributed by atoms with E-state index in [9.17, 15) is 0 Å². The molecule has 4 nitrogen and oxygen atoms in total. The molecule has 0 aromatic carbocycles. The molecular formula is C26H24N4. The van der Waals surface area contributed by atoms with Crippen LogP contribution in [0.4, 0.5) is 0 Å². The predicted octanol–water partition coefficient (Wildman–Crippen LogP) is 6.70. The smallest absolute Gasteiger partial charge is 0.0694 e. The number of hydrogen-bond donors (Lipinski definition) is 2. The number of nitrogens with zero attached hydrogens (tertiary/aromatic N) is 2. The maximum absolute atomic E-state index is 5.00. The molecule has 3 aliphatic rings. The molecule has 6 rings (SSSR count). The maximum atomic E-state index is 5.00. The first-order valence-electron chi connectivity index (χ1n) is 10.9. The minimum atomic E-state index is 0.534. The fourth-order valence-electron chi connectivity index (χ4n) is 4.84. The average molecular weight is 393 g/mol. The normalized spacial score (nSPS) is 16.3. The third-order valence-electron chi connectivity index (χ3n) is 6.27. The second kappa shape index (κ2) is 7.13. The van der Waals surface area contributed by atoms with Crippen LogP contribution in [0.5, 0.6) is 0 Å². The van der Waals surface area contributed by atoms with Crippen molar-refractivity contribution in [1.82, 2.24) is 19.9 Å². The van der Waals surface area contributed by atoms with Crippen LogP contribution < -0.4 is 0 Å². The summed E-state index contributed by atoms with van der Waals surface area (Å²) in [6.45, 7) is 0. The molecule has 2 N–H and O–H groups in total. The molecule has 0 atom stereocenters. The molecule has 4 heteroatoms. The summed E-state index contributed by atoms with van der Waals surface area (Å²) in [5, 5.41) is 0. The highest BCUT2D eigenvalue weighted by Gasteiger charge is 2.22. The largest absolute Gasteiger partial charge is 0.355 e. The van der Waals surface area contributed by atoms with Gasteiger partial charge in [0.05, 0.1) is 22.8 Å². The van der Waals surface area contributed by atoms with Crippen molar-refractivity contribution in [3.63, 3.8) is 0 Å². The Hall–Kier alpha value is -3.40. The first-order valence-corrected chi connectivity index (χ1v) is 10.9. The molecule has 30 heavy (non-hydrogen) atoms. The van der Waals surface area contributed by atoms with Gasteiger partial charge in [-0.1, -0.05) is 19.3 Å². The van der Waals surface area contributed by atoms with Gasteiger partial charge in [-0.2, -0.15) is 0 Å². The van der Waals surface area contributed by atoms with Gasteiger partial charge in [-0.15, -0.1) is 0 Å². The Morgan fingerprint density at radius 2 is 1.10 bits per heavy atom. The molecule has 5 heterocycles. The average Bonchev–Trinajstić information content (AvgIpc) is 3.54. The summed E-state index contributed by atoms with van der Waals surface area (Å²) in [7, 11) is 0. The topological polar surface area (TPSA) is 57.4 Å². The Labute approximate surface area is 175 Å². The molecular weight excluding hydrogens is 368 g/mol. The van der Waals surface area contributed by atoms with Crippen molar-refractivity contribution in [3.05, 3.63) is 70.8 Å². The summed E-state index contributed by atoms with van der Waals surface area (Å²) in [6, 6.07) is 14.7. The van der Waals surface area contributed by atoms with Crippen LogP contribution in [0.15, 0.2) is 42.5 Å². The van der Waals surface area contributed by atoms with Crippen LogP contribution in [-0.2, 0) is 0 Å². The zero-order valence-corrected chi connectivity index (χ0v) is 16.9. The number of aromatic amines is 2. The molecule has 148 valence electrons. The van der Waals surface area contributed by atoms with Gasteiger partial charge < -0.3 is 9.97 Å². The zero-order chi connectivity index (χ0) is 19.9. The van der Waals surface area contributed by atoms with Crippen molar-refractivity contribution in [2.45, 2.75) is 38.0 Å². The molecule has 8 bridgehead atoms. The van der Waals surface area contributed by atoms with E-state index in [-0.39, 0.29) is 0 Å². The van der Waals surface area contributed by atoms with E-state index in [0.717, 1.165) is 44.8 Å². The van der Waals surface area contributed by atoms with E-state index in [1.165, 1.54) is 37.7 Å². The fourth-order valence-corrected chi connectivity index (χ4v) is 4.84. The summed E-state index contributed by atoms with van der Waals surface area (Å²) in [6.07, 6.45) is 14.9. The van der Waals surface area contributed by atoms with Gasteiger partial charge in [-0.05, 0) is 85.5 Å². The molecule has 2 aliphatic heterocycles. The molecule has 1 aliphatic carbocycles. The minimum absolute atomic E-state index is 0.534. The van der Waals surface area contributed by atoms with Crippen molar-refractivity contribution < 1.29 is 0 Å². The highest BCUT2D eigenvalue weighted by molar-refractivity contribution is 5.80. The van der Waals surface area contributed by atoms with E-state index >= 15 is 0 Å². The Morgan fingerprint density at radius 3 is 1.63 bits per heavy atom. The van der Waals surface area contributed by atoms with Crippen molar-refractivity contribution in [2.75, 3.05) is 0 Å². The van der Waals surface area contributed by atoms with Crippen LogP contribution in [0.2, 0.25) is 0 Å². The van der Waals surface area contributed by atoms with Gasteiger partial charge in [-0.3, -0.25) is 0 Å². The van der Waals surface area contributed by atoms with E-state index in [0.29, 0.717) is 5.92 Å². The van der Waals surface area contributed by atoms with Gasteiger partial charge >= 0.3 is 0 Å². The van der Waals surface area contributed by atoms with Crippen LogP contribution in [0, 0.1) is 0 Å². The van der Waals surface area contributed by atoms with Crippen molar-refractivity contribution in [3.8, 4) is 0 Å².